The highest BCUT2D eigenvalue weighted by Crippen LogP contribution is 2.10. The summed E-state index contributed by atoms with van der Waals surface area (Å²) in [4.78, 5) is 26.8. The van der Waals surface area contributed by atoms with Crippen LogP contribution in [0.1, 0.15) is 6.42 Å². The van der Waals surface area contributed by atoms with Crippen molar-refractivity contribution >= 4 is 23.6 Å². The maximum atomic E-state index is 11.7. The van der Waals surface area contributed by atoms with Gasteiger partial charge in [-0.05, 0) is 12.1 Å². The number of carbonyl (C=O) groups is 2. The largest absolute Gasteiger partial charge is 0.480 e. The van der Waals surface area contributed by atoms with Gasteiger partial charge >= 0.3 is 12.0 Å². The van der Waals surface area contributed by atoms with E-state index in [9.17, 15) is 14.7 Å². The molecule has 0 bridgehead atoms. The van der Waals surface area contributed by atoms with Gasteiger partial charge in [-0.2, -0.15) is 0 Å². The number of nitrogens with two attached hydrogens (primary N) is 2. The van der Waals surface area contributed by atoms with Crippen LogP contribution in [0.4, 0.5) is 10.5 Å². The van der Waals surface area contributed by atoms with Crippen LogP contribution in [0.15, 0.2) is 45.6 Å². The van der Waals surface area contributed by atoms with Crippen LogP contribution in [0.5, 0.6) is 0 Å². The van der Waals surface area contributed by atoms with Crippen molar-refractivity contribution in [3.63, 3.8) is 0 Å². The van der Waals surface area contributed by atoms with Gasteiger partial charge in [-0.15, -0.1) is 5.11 Å². The molecule has 0 radical (unpaired) electrons. The first kappa shape index (κ1) is 19.0. The molecule has 1 unspecified atom stereocenters. The van der Waals surface area contributed by atoms with E-state index in [2.05, 4.69) is 20.5 Å². The summed E-state index contributed by atoms with van der Waals surface area (Å²) in [6.45, 7) is 0.0734. The third-order valence-corrected chi connectivity index (χ3v) is 2.92. The van der Waals surface area contributed by atoms with Crippen LogP contribution in [0.2, 0.25) is 0 Å². The van der Waals surface area contributed by atoms with E-state index in [0.717, 1.165) is 0 Å². The molecule has 0 aromatic heterocycles. The van der Waals surface area contributed by atoms with Gasteiger partial charge in [0.25, 0.3) is 0 Å². The molecule has 0 heterocycles. The maximum Gasteiger partial charge on any atom is 0.360 e. The number of benzene rings is 1. The molecule has 24 heavy (non-hydrogen) atoms. The molecule has 6 N–H and O–H groups in total. The summed E-state index contributed by atoms with van der Waals surface area (Å²) in [6.07, 6.45) is -0.616. The quantitative estimate of drug-likeness (QED) is 0.308. The molecule has 0 fully saturated rings. The van der Waals surface area contributed by atoms with E-state index in [1.54, 1.807) is 30.3 Å². The average Bonchev–Trinajstić information content (AvgIpc) is 2.56. The Labute approximate surface area is 138 Å². The zero-order valence-corrected chi connectivity index (χ0v) is 13.1. The van der Waals surface area contributed by atoms with Gasteiger partial charge in [-0.3, -0.25) is 4.99 Å². The Kier molecular flexibility index (Phi) is 7.85. The number of nitrogens with one attached hydrogen (secondary N) is 1. The van der Waals surface area contributed by atoms with Gasteiger partial charge in [0.05, 0.1) is 18.3 Å². The highest BCUT2D eigenvalue weighted by Gasteiger charge is 2.24. The topological polar surface area (TPSA) is 165 Å². The van der Waals surface area contributed by atoms with E-state index < -0.39 is 24.1 Å². The minimum Gasteiger partial charge on any atom is -0.480 e. The molecule has 130 valence electrons. The Morgan fingerprint density at radius 1 is 1.29 bits per heavy atom. The van der Waals surface area contributed by atoms with Crippen LogP contribution in [-0.4, -0.2) is 48.9 Å². The average molecular weight is 336 g/mol. The lowest BCUT2D eigenvalue weighted by molar-refractivity contribution is -0.140. The number of urea groups is 1. The van der Waals surface area contributed by atoms with E-state index in [0.29, 0.717) is 5.69 Å². The van der Waals surface area contributed by atoms with Crippen molar-refractivity contribution in [2.45, 2.75) is 18.6 Å². The van der Waals surface area contributed by atoms with Crippen LogP contribution in [0.3, 0.4) is 0 Å². The number of hydrogen-bond donors (Lipinski definition) is 4. The number of carbonyl (C=O) groups excluding carboxylic acids is 1. The van der Waals surface area contributed by atoms with E-state index in [-0.39, 0.29) is 18.9 Å². The first-order valence-electron chi connectivity index (χ1n) is 7.00. The number of nitrogens with zero attached hydrogens (tertiary/aromatic N) is 3. The van der Waals surface area contributed by atoms with Gasteiger partial charge in [0.15, 0.2) is 5.96 Å². The number of ether oxygens (including phenoxy) is 1. The summed E-state index contributed by atoms with van der Waals surface area (Å²) in [6, 6.07) is 6.48. The lowest BCUT2D eigenvalue weighted by Crippen LogP contribution is -2.42. The highest BCUT2D eigenvalue weighted by atomic mass is 16.5. The smallest absolute Gasteiger partial charge is 0.360 e. The molecule has 10 heteroatoms. The van der Waals surface area contributed by atoms with Crippen LogP contribution >= 0.6 is 0 Å². The van der Waals surface area contributed by atoms with Crippen LogP contribution in [0, 0.1) is 0 Å². The lowest BCUT2D eigenvalue weighted by atomic mass is 10.1. The first-order chi connectivity index (χ1) is 11.4. The number of aliphatic carboxylic acids is 1. The molecule has 2 atom stereocenters. The number of amides is 2. The standard InChI is InChI=1S/C14H20N6O4/c1-24-10(8-17-13(15)16)7-11(12(21)22)18-14(23)20-19-9-5-3-2-4-6-9/h2-6,10-11H,7-8H2,1H3,(H,18,23)(H,21,22)(H4,15,16,17)/t10?,11-/m0/s1. The fraction of sp³-hybridized carbons (Fsp3) is 0.357. The molecule has 1 aromatic carbocycles. The van der Waals surface area contributed by atoms with Gasteiger partial charge in [-0.1, -0.05) is 23.3 Å². The van der Waals surface area contributed by atoms with Gasteiger partial charge in [0.2, 0.25) is 0 Å². The fourth-order valence-corrected chi connectivity index (χ4v) is 1.71. The first-order valence-corrected chi connectivity index (χ1v) is 7.00. The molecule has 1 rings (SSSR count). The van der Waals surface area contributed by atoms with E-state index >= 15 is 0 Å². The van der Waals surface area contributed by atoms with Crippen molar-refractivity contribution in [2.24, 2.45) is 26.7 Å². The summed E-state index contributed by atoms with van der Waals surface area (Å²) < 4.78 is 5.11. The summed E-state index contributed by atoms with van der Waals surface area (Å²) in [5.41, 5.74) is 10.9. The second kappa shape index (κ2) is 9.90. The van der Waals surface area contributed by atoms with Crippen molar-refractivity contribution in [3.05, 3.63) is 30.3 Å². The molecular formula is C14H20N6O4. The van der Waals surface area contributed by atoms with Crippen molar-refractivity contribution in [3.8, 4) is 0 Å². The normalized spacial score (nSPS) is 13.2. The summed E-state index contributed by atoms with van der Waals surface area (Å²) in [5, 5.41) is 18.6. The second-order valence-corrected chi connectivity index (χ2v) is 4.73. The zero-order chi connectivity index (χ0) is 17.9. The molecule has 0 aliphatic carbocycles. The van der Waals surface area contributed by atoms with Gasteiger partial charge < -0.3 is 26.6 Å². The third-order valence-electron chi connectivity index (χ3n) is 2.92. The Morgan fingerprint density at radius 2 is 1.96 bits per heavy atom. The lowest BCUT2D eigenvalue weighted by Gasteiger charge is -2.18. The minimum absolute atomic E-state index is 0.0325. The number of carboxylic acids is 1. The molecule has 0 aliphatic heterocycles. The van der Waals surface area contributed by atoms with Gasteiger partial charge in [-0.25, -0.2) is 9.59 Å². The molecule has 1 aromatic rings. The SMILES string of the molecule is COC(CN=C(N)N)C[C@H](NC(=O)N=Nc1ccccc1)C(=O)O. The van der Waals surface area contributed by atoms with Gasteiger partial charge in [0, 0.05) is 13.5 Å². The molecule has 0 spiro atoms. The van der Waals surface area contributed by atoms with Crippen molar-refractivity contribution < 1.29 is 19.4 Å². The van der Waals surface area contributed by atoms with Gasteiger partial charge in [0.1, 0.15) is 6.04 Å². The van der Waals surface area contributed by atoms with Crippen molar-refractivity contribution in [2.75, 3.05) is 13.7 Å². The molecular weight excluding hydrogens is 316 g/mol. The van der Waals surface area contributed by atoms with Crippen LogP contribution in [0.25, 0.3) is 0 Å². The summed E-state index contributed by atoms with van der Waals surface area (Å²) >= 11 is 0. The second-order valence-electron chi connectivity index (χ2n) is 4.73. The highest BCUT2D eigenvalue weighted by molar-refractivity contribution is 5.82. The molecule has 10 nitrogen and oxygen atoms in total. The number of guanidine groups is 1. The number of azo groups is 1. The fourth-order valence-electron chi connectivity index (χ4n) is 1.71. The van der Waals surface area contributed by atoms with Crippen molar-refractivity contribution in [1.82, 2.24) is 5.32 Å². The number of methoxy groups -OCH3 is 1. The monoisotopic (exact) mass is 336 g/mol. The summed E-state index contributed by atoms with van der Waals surface area (Å²) in [5.74, 6) is -1.37. The number of hydrogen-bond acceptors (Lipinski definition) is 5. The molecule has 0 aliphatic rings. The maximum absolute atomic E-state index is 11.7. The molecule has 0 saturated heterocycles. The number of rotatable bonds is 8. The third kappa shape index (κ3) is 7.31. The number of carboxylic acid groups (broad SMARTS) is 1. The Hall–Kier alpha value is -3.01. The van der Waals surface area contributed by atoms with Crippen LogP contribution in [-0.2, 0) is 9.53 Å². The zero-order valence-electron chi connectivity index (χ0n) is 13.1. The van der Waals surface area contributed by atoms with E-state index in [1.807, 2.05) is 0 Å². The van der Waals surface area contributed by atoms with E-state index in [4.69, 9.17) is 16.2 Å². The molecule has 2 amide bonds. The van der Waals surface area contributed by atoms with Crippen LogP contribution < -0.4 is 16.8 Å². The predicted octanol–water partition coefficient (Wildman–Crippen LogP) is 0.612. The minimum atomic E-state index is -1.23. The Bertz CT molecular complexity index is 601. The van der Waals surface area contributed by atoms with E-state index in [1.165, 1.54) is 7.11 Å². The Balaban J connectivity index is 2.64. The Morgan fingerprint density at radius 3 is 2.50 bits per heavy atom. The molecule has 0 saturated carbocycles. The van der Waals surface area contributed by atoms with Crippen molar-refractivity contribution in [1.29, 1.82) is 0 Å². The number of aliphatic imine (C=N–C) groups is 1. The summed E-state index contributed by atoms with van der Waals surface area (Å²) in [7, 11) is 1.39. The predicted molar refractivity (Wildman–Crippen MR) is 87.0 cm³/mol.